The van der Waals surface area contributed by atoms with Crippen LogP contribution in [-0.2, 0) is 15.6 Å². The van der Waals surface area contributed by atoms with Crippen LogP contribution in [0.5, 0.6) is 5.75 Å². The highest BCUT2D eigenvalue weighted by Crippen LogP contribution is 2.66. The van der Waals surface area contributed by atoms with E-state index >= 15 is 0 Å². The van der Waals surface area contributed by atoms with Gasteiger partial charge in [-0.3, -0.25) is 0 Å². The molecular formula is C31H42O2. The topological polar surface area (TPSA) is 21.8 Å². The minimum Gasteiger partial charge on any atom is -0.490 e. The molecule has 2 heteroatoms. The fourth-order valence-electron chi connectivity index (χ4n) is 11.5. The highest BCUT2D eigenvalue weighted by molar-refractivity contribution is 5.56. The highest BCUT2D eigenvalue weighted by Gasteiger charge is 2.57. The number of hydrogen-bond acceptors (Lipinski definition) is 2. The third-order valence-electron chi connectivity index (χ3n) is 11.7. The zero-order chi connectivity index (χ0) is 21.9. The van der Waals surface area contributed by atoms with Gasteiger partial charge in [0.15, 0.2) is 0 Å². The number of ether oxygens (including phenoxy) is 2. The van der Waals surface area contributed by atoms with E-state index in [9.17, 15) is 0 Å². The molecule has 1 unspecified atom stereocenters. The van der Waals surface area contributed by atoms with Gasteiger partial charge in [0, 0.05) is 0 Å². The average Bonchev–Trinajstić information content (AvgIpc) is 3.55. The van der Waals surface area contributed by atoms with Crippen molar-refractivity contribution in [3.8, 4) is 5.75 Å². The van der Waals surface area contributed by atoms with Crippen molar-refractivity contribution < 1.29 is 9.47 Å². The largest absolute Gasteiger partial charge is 0.490 e. The first-order chi connectivity index (χ1) is 16.0. The first-order valence-corrected chi connectivity index (χ1v) is 14.4. The van der Waals surface area contributed by atoms with Crippen LogP contribution in [0.15, 0.2) is 6.07 Å². The summed E-state index contributed by atoms with van der Waals surface area (Å²) in [5.41, 5.74) is 7.49. The molecule has 0 N–H and O–H groups in total. The second-order valence-corrected chi connectivity index (χ2v) is 14.2. The lowest BCUT2D eigenvalue weighted by Gasteiger charge is -2.61. The second kappa shape index (κ2) is 6.80. The van der Waals surface area contributed by atoms with Gasteiger partial charge < -0.3 is 9.47 Å². The standard InChI is InChI=1S/C31H42O2/c1-18-3-27(30-10-20-4-21(11-30)6-22(5-20)12-30)28(19(2)29(18)33-17-26-16-32-26)31-13-23-7-24(14-31)9-25(8-23)15-31/h3,20-26H,4-17H2,1-2H3. The second-order valence-electron chi connectivity index (χ2n) is 14.2. The first kappa shape index (κ1) is 20.2. The van der Waals surface area contributed by atoms with Crippen LogP contribution >= 0.6 is 0 Å². The predicted octanol–water partition coefficient (Wildman–Crippen LogP) is 7.02. The molecule has 0 aromatic heterocycles. The molecule has 8 bridgehead atoms. The van der Waals surface area contributed by atoms with Crippen molar-refractivity contribution in [3.63, 3.8) is 0 Å². The van der Waals surface area contributed by atoms with Crippen molar-refractivity contribution in [2.24, 2.45) is 35.5 Å². The summed E-state index contributed by atoms with van der Waals surface area (Å²) in [5.74, 6) is 7.20. The maximum absolute atomic E-state index is 6.54. The van der Waals surface area contributed by atoms with Gasteiger partial charge in [-0.1, -0.05) is 6.07 Å². The number of benzene rings is 1. The van der Waals surface area contributed by atoms with Gasteiger partial charge in [0.1, 0.15) is 18.5 Å². The van der Waals surface area contributed by atoms with Crippen molar-refractivity contribution in [1.29, 1.82) is 0 Å². The average molecular weight is 447 g/mol. The SMILES string of the molecule is Cc1cc(C23CC4CC(CC(C4)C2)C3)c(C23CC4CC(CC(C4)C2)C3)c(C)c1OCC1CO1. The van der Waals surface area contributed by atoms with Gasteiger partial charge in [-0.05, 0) is 159 Å². The summed E-state index contributed by atoms with van der Waals surface area (Å²) < 4.78 is 12.0. The third-order valence-corrected chi connectivity index (χ3v) is 11.7. The van der Waals surface area contributed by atoms with E-state index in [4.69, 9.17) is 9.47 Å². The van der Waals surface area contributed by atoms with Crippen molar-refractivity contribution in [3.05, 3.63) is 28.3 Å². The van der Waals surface area contributed by atoms with Crippen molar-refractivity contribution in [1.82, 2.24) is 0 Å². The number of aryl methyl sites for hydroxylation is 1. The molecule has 8 saturated carbocycles. The van der Waals surface area contributed by atoms with Crippen LogP contribution in [0.2, 0.25) is 0 Å². The van der Waals surface area contributed by atoms with Crippen molar-refractivity contribution in [2.75, 3.05) is 13.2 Å². The molecule has 33 heavy (non-hydrogen) atoms. The highest BCUT2D eigenvalue weighted by atomic mass is 16.6. The van der Waals surface area contributed by atoms with Gasteiger partial charge in [0.05, 0.1) is 6.61 Å². The van der Waals surface area contributed by atoms with E-state index in [0.717, 1.165) is 48.7 Å². The fourth-order valence-corrected chi connectivity index (χ4v) is 11.5. The molecule has 10 rings (SSSR count). The number of rotatable bonds is 5. The Kier molecular flexibility index (Phi) is 4.16. The maximum atomic E-state index is 6.54. The van der Waals surface area contributed by atoms with Gasteiger partial charge in [-0.15, -0.1) is 0 Å². The van der Waals surface area contributed by atoms with E-state index in [1.165, 1.54) is 93.9 Å². The summed E-state index contributed by atoms with van der Waals surface area (Å²) in [7, 11) is 0. The molecule has 1 aromatic rings. The maximum Gasteiger partial charge on any atom is 0.125 e. The van der Waals surface area contributed by atoms with Crippen LogP contribution in [0, 0.1) is 49.4 Å². The zero-order valence-electron chi connectivity index (χ0n) is 20.8. The normalized spacial score (nSPS) is 48.5. The van der Waals surface area contributed by atoms with E-state index in [1.54, 1.807) is 0 Å². The minimum atomic E-state index is 0.328. The van der Waals surface area contributed by atoms with Crippen LogP contribution in [0.3, 0.4) is 0 Å². The Hall–Kier alpha value is -1.02. The summed E-state index contributed by atoms with van der Waals surface area (Å²) in [6, 6.07) is 2.68. The summed E-state index contributed by atoms with van der Waals surface area (Å²) >= 11 is 0. The molecule has 9 aliphatic rings. The number of epoxide rings is 1. The molecule has 1 aliphatic heterocycles. The molecule has 1 aromatic carbocycles. The molecule has 1 heterocycles. The molecule has 2 nitrogen and oxygen atoms in total. The Labute approximate surface area is 200 Å². The summed E-state index contributed by atoms with van der Waals surface area (Å²) in [6.45, 7) is 6.40. The van der Waals surface area contributed by atoms with Crippen molar-refractivity contribution >= 4 is 0 Å². The van der Waals surface area contributed by atoms with Crippen LogP contribution in [0.1, 0.15) is 99.3 Å². The van der Waals surface area contributed by atoms with E-state index in [-0.39, 0.29) is 0 Å². The Bertz CT molecular complexity index is 915. The quantitative estimate of drug-likeness (QED) is 0.453. The van der Waals surface area contributed by atoms with Crippen LogP contribution in [0.25, 0.3) is 0 Å². The minimum absolute atomic E-state index is 0.328. The van der Waals surface area contributed by atoms with Gasteiger partial charge >= 0.3 is 0 Å². The lowest BCUT2D eigenvalue weighted by Crippen LogP contribution is -2.52. The van der Waals surface area contributed by atoms with Gasteiger partial charge in [0.25, 0.3) is 0 Å². The molecule has 178 valence electrons. The molecule has 0 spiro atoms. The van der Waals surface area contributed by atoms with Crippen LogP contribution in [-0.4, -0.2) is 19.3 Å². The molecule has 8 aliphatic carbocycles. The Morgan fingerprint density at radius 2 is 1.21 bits per heavy atom. The van der Waals surface area contributed by atoms with Crippen LogP contribution < -0.4 is 4.74 Å². The monoisotopic (exact) mass is 446 g/mol. The lowest BCUT2D eigenvalue weighted by molar-refractivity contribution is -0.0178. The van der Waals surface area contributed by atoms with Gasteiger partial charge in [0.2, 0.25) is 0 Å². The zero-order valence-corrected chi connectivity index (χ0v) is 20.8. The predicted molar refractivity (Wildman–Crippen MR) is 131 cm³/mol. The molecular weight excluding hydrogens is 404 g/mol. The van der Waals surface area contributed by atoms with E-state index in [1.807, 2.05) is 11.1 Å². The third kappa shape index (κ3) is 3.01. The summed E-state index contributed by atoms with van der Waals surface area (Å²) in [6.07, 6.45) is 18.3. The summed E-state index contributed by atoms with van der Waals surface area (Å²) in [5, 5.41) is 0. The van der Waals surface area contributed by atoms with E-state index in [2.05, 4.69) is 19.9 Å². The van der Waals surface area contributed by atoms with E-state index in [0.29, 0.717) is 16.9 Å². The molecule has 0 radical (unpaired) electrons. The van der Waals surface area contributed by atoms with E-state index < -0.39 is 0 Å². The Morgan fingerprint density at radius 1 is 0.758 bits per heavy atom. The lowest BCUT2D eigenvalue weighted by atomic mass is 9.43. The molecule has 0 amide bonds. The smallest absolute Gasteiger partial charge is 0.125 e. The Balaban J connectivity index is 1.30. The molecule has 9 fully saturated rings. The van der Waals surface area contributed by atoms with Crippen molar-refractivity contribution in [2.45, 2.75) is 108 Å². The molecule has 1 atom stereocenters. The summed E-state index contributed by atoms with van der Waals surface area (Å²) in [4.78, 5) is 0. The fraction of sp³-hybridized carbons (Fsp3) is 0.806. The number of hydrogen-bond donors (Lipinski definition) is 0. The Morgan fingerprint density at radius 3 is 1.67 bits per heavy atom. The van der Waals surface area contributed by atoms with Gasteiger partial charge in [-0.2, -0.15) is 0 Å². The first-order valence-electron chi connectivity index (χ1n) is 14.4. The molecule has 1 saturated heterocycles. The van der Waals surface area contributed by atoms with Gasteiger partial charge in [-0.25, -0.2) is 0 Å². The van der Waals surface area contributed by atoms with Crippen LogP contribution in [0.4, 0.5) is 0 Å².